The van der Waals surface area contributed by atoms with Crippen molar-refractivity contribution in [2.45, 2.75) is 20.3 Å². The fourth-order valence-electron chi connectivity index (χ4n) is 2.07. The van der Waals surface area contributed by atoms with Crippen LogP contribution < -0.4 is 0 Å². The minimum absolute atomic E-state index is 0.574. The molecular weight excluding hydrogens is 240 g/mol. The standard InChI is InChI=1S/C20H22/c1-17(2)13-14-20(15-18-9-5-3-6-10-18)16-19-11-7-4-8-12-19/h3-15,17H,16H2,1-2H3/b14-13+,20-15-. The van der Waals surface area contributed by atoms with Gasteiger partial charge in [0, 0.05) is 0 Å². The number of hydrogen-bond acceptors (Lipinski definition) is 0. The number of hydrogen-bond donors (Lipinski definition) is 0. The third-order valence-corrected chi connectivity index (χ3v) is 3.10. The van der Waals surface area contributed by atoms with Gasteiger partial charge in [0.05, 0.1) is 0 Å². The van der Waals surface area contributed by atoms with E-state index in [2.05, 4.69) is 92.7 Å². The van der Waals surface area contributed by atoms with Crippen molar-refractivity contribution in [1.29, 1.82) is 0 Å². The fourth-order valence-corrected chi connectivity index (χ4v) is 2.07. The first-order chi connectivity index (χ1) is 9.74. The highest BCUT2D eigenvalue weighted by atomic mass is 14.0. The van der Waals surface area contributed by atoms with Crippen LogP contribution in [-0.4, -0.2) is 0 Å². The Kier molecular flexibility index (Phi) is 5.37. The molecule has 0 radical (unpaired) electrons. The predicted molar refractivity (Wildman–Crippen MR) is 88.5 cm³/mol. The van der Waals surface area contributed by atoms with Gasteiger partial charge >= 0.3 is 0 Å². The minimum Gasteiger partial charge on any atom is -0.0817 e. The van der Waals surface area contributed by atoms with Gasteiger partial charge in [-0.05, 0) is 29.0 Å². The van der Waals surface area contributed by atoms with Crippen LogP contribution in [0.25, 0.3) is 6.08 Å². The van der Waals surface area contributed by atoms with Gasteiger partial charge in [-0.3, -0.25) is 0 Å². The molecule has 0 fully saturated rings. The molecule has 0 aromatic heterocycles. The molecule has 0 nitrogen and oxygen atoms in total. The third kappa shape index (κ3) is 4.89. The Morgan fingerprint density at radius 3 is 2.10 bits per heavy atom. The maximum absolute atomic E-state index is 2.27. The average molecular weight is 262 g/mol. The molecule has 0 saturated heterocycles. The molecular formula is C20H22. The van der Waals surface area contributed by atoms with E-state index in [0.29, 0.717) is 5.92 Å². The van der Waals surface area contributed by atoms with E-state index in [0.717, 1.165) is 6.42 Å². The van der Waals surface area contributed by atoms with Crippen LogP contribution >= 0.6 is 0 Å². The molecule has 20 heavy (non-hydrogen) atoms. The smallest absolute Gasteiger partial charge is 0.00257 e. The molecule has 0 aliphatic heterocycles. The van der Waals surface area contributed by atoms with E-state index in [1.165, 1.54) is 16.7 Å². The monoisotopic (exact) mass is 262 g/mol. The molecule has 0 N–H and O–H groups in total. The maximum Gasteiger partial charge on any atom is -0.00257 e. The van der Waals surface area contributed by atoms with E-state index in [-0.39, 0.29) is 0 Å². The van der Waals surface area contributed by atoms with Gasteiger partial charge in [-0.1, -0.05) is 92.7 Å². The van der Waals surface area contributed by atoms with Crippen molar-refractivity contribution in [2.75, 3.05) is 0 Å². The Balaban J connectivity index is 2.23. The average Bonchev–Trinajstić information content (AvgIpc) is 2.47. The van der Waals surface area contributed by atoms with Crippen LogP contribution in [0.5, 0.6) is 0 Å². The van der Waals surface area contributed by atoms with Crippen LogP contribution in [0, 0.1) is 5.92 Å². The third-order valence-electron chi connectivity index (χ3n) is 3.10. The van der Waals surface area contributed by atoms with Crippen LogP contribution in [0.3, 0.4) is 0 Å². The Hall–Kier alpha value is -2.08. The van der Waals surface area contributed by atoms with Gasteiger partial charge in [0.25, 0.3) is 0 Å². The summed E-state index contributed by atoms with van der Waals surface area (Å²) in [5.41, 5.74) is 3.95. The molecule has 0 atom stereocenters. The first-order valence-corrected chi connectivity index (χ1v) is 7.22. The molecule has 0 bridgehead atoms. The topological polar surface area (TPSA) is 0 Å². The summed E-state index contributed by atoms with van der Waals surface area (Å²) < 4.78 is 0. The molecule has 0 unspecified atom stereocenters. The van der Waals surface area contributed by atoms with E-state index < -0.39 is 0 Å². The van der Waals surface area contributed by atoms with E-state index in [9.17, 15) is 0 Å². The first kappa shape index (κ1) is 14.3. The van der Waals surface area contributed by atoms with Gasteiger partial charge in [0.2, 0.25) is 0 Å². The van der Waals surface area contributed by atoms with Crippen LogP contribution in [-0.2, 0) is 6.42 Å². The molecule has 0 amide bonds. The van der Waals surface area contributed by atoms with Crippen molar-refractivity contribution < 1.29 is 0 Å². The lowest BCUT2D eigenvalue weighted by Crippen LogP contribution is -1.89. The highest BCUT2D eigenvalue weighted by Crippen LogP contribution is 2.15. The zero-order chi connectivity index (χ0) is 14.2. The molecule has 0 aliphatic rings. The van der Waals surface area contributed by atoms with Crippen molar-refractivity contribution in [3.8, 4) is 0 Å². The second kappa shape index (κ2) is 7.49. The zero-order valence-electron chi connectivity index (χ0n) is 12.3. The van der Waals surface area contributed by atoms with Gasteiger partial charge in [-0.15, -0.1) is 0 Å². The predicted octanol–water partition coefficient (Wildman–Crippen LogP) is 5.52. The SMILES string of the molecule is CC(C)/C=C/C(=C/c1ccccc1)Cc1ccccc1. The summed E-state index contributed by atoms with van der Waals surface area (Å²) in [6, 6.07) is 21.1. The summed E-state index contributed by atoms with van der Waals surface area (Å²) in [4.78, 5) is 0. The van der Waals surface area contributed by atoms with Crippen LogP contribution in [0.4, 0.5) is 0 Å². The number of benzene rings is 2. The summed E-state index contributed by atoms with van der Waals surface area (Å²) in [6.07, 6.45) is 7.76. The molecule has 0 aliphatic carbocycles. The Bertz CT molecular complexity index is 560. The Morgan fingerprint density at radius 2 is 1.50 bits per heavy atom. The lowest BCUT2D eigenvalue weighted by molar-refractivity contribution is 0.830. The molecule has 2 aromatic carbocycles. The van der Waals surface area contributed by atoms with E-state index in [1.54, 1.807) is 0 Å². The number of rotatable bonds is 5. The fraction of sp³-hybridized carbons (Fsp3) is 0.200. The minimum atomic E-state index is 0.574. The van der Waals surface area contributed by atoms with Crippen molar-refractivity contribution >= 4 is 6.08 Å². The summed E-state index contributed by atoms with van der Waals surface area (Å²) in [6.45, 7) is 4.41. The first-order valence-electron chi connectivity index (χ1n) is 7.22. The molecule has 2 aromatic rings. The summed E-state index contributed by atoms with van der Waals surface area (Å²) in [5, 5.41) is 0. The second-order valence-electron chi connectivity index (χ2n) is 5.40. The number of allylic oxidation sites excluding steroid dienone is 3. The molecule has 0 saturated carbocycles. The van der Waals surface area contributed by atoms with Crippen molar-refractivity contribution in [2.24, 2.45) is 5.92 Å². The van der Waals surface area contributed by atoms with Crippen molar-refractivity contribution in [3.05, 3.63) is 89.5 Å². The van der Waals surface area contributed by atoms with Crippen LogP contribution in [0.1, 0.15) is 25.0 Å². The summed E-state index contributed by atoms with van der Waals surface area (Å²) in [5.74, 6) is 0.574. The van der Waals surface area contributed by atoms with Crippen molar-refractivity contribution in [1.82, 2.24) is 0 Å². The molecule has 0 heteroatoms. The lowest BCUT2D eigenvalue weighted by atomic mass is 10.0. The van der Waals surface area contributed by atoms with E-state index in [1.807, 2.05) is 0 Å². The van der Waals surface area contributed by atoms with Crippen LogP contribution in [0.2, 0.25) is 0 Å². The van der Waals surface area contributed by atoms with Gasteiger partial charge in [-0.25, -0.2) is 0 Å². The van der Waals surface area contributed by atoms with E-state index >= 15 is 0 Å². The molecule has 0 heterocycles. The normalized spacial score (nSPS) is 12.2. The molecule has 2 rings (SSSR count). The molecule has 102 valence electrons. The molecule has 0 spiro atoms. The highest BCUT2D eigenvalue weighted by Gasteiger charge is 1.98. The van der Waals surface area contributed by atoms with Crippen LogP contribution in [0.15, 0.2) is 78.4 Å². The van der Waals surface area contributed by atoms with Gasteiger partial charge in [0.1, 0.15) is 0 Å². The Labute approximate surface area is 122 Å². The van der Waals surface area contributed by atoms with Gasteiger partial charge < -0.3 is 0 Å². The van der Waals surface area contributed by atoms with Crippen molar-refractivity contribution in [3.63, 3.8) is 0 Å². The lowest BCUT2D eigenvalue weighted by Gasteiger charge is -2.05. The quantitative estimate of drug-likeness (QED) is 0.622. The highest BCUT2D eigenvalue weighted by molar-refractivity contribution is 5.56. The van der Waals surface area contributed by atoms with Gasteiger partial charge in [0.15, 0.2) is 0 Å². The zero-order valence-corrected chi connectivity index (χ0v) is 12.3. The summed E-state index contributed by atoms with van der Waals surface area (Å²) in [7, 11) is 0. The van der Waals surface area contributed by atoms with Gasteiger partial charge in [-0.2, -0.15) is 0 Å². The largest absolute Gasteiger partial charge is 0.0817 e. The second-order valence-corrected chi connectivity index (χ2v) is 5.40. The Morgan fingerprint density at radius 1 is 0.900 bits per heavy atom. The van der Waals surface area contributed by atoms with E-state index in [4.69, 9.17) is 0 Å². The maximum atomic E-state index is 2.27. The summed E-state index contributed by atoms with van der Waals surface area (Å²) >= 11 is 0.